The van der Waals surface area contributed by atoms with Gasteiger partial charge in [0, 0.05) is 18.3 Å². The van der Waals surface area contributed by atoms with E-state index in [0.717, 1.165) is 12.1 Å². The summed E-state index contributed by atoms with van der Waals surface area (Å²) in [6.07, 6.45) is 1.70. The van der Waals surface area contributed by atoms with Crippen LogP contribution in [0.2, 0.25) is 0 Å². The number of aliphatic imine (C=N–C) groups is 1. The molecule has 0 aromatic rings. The summed E-state index contributed by atoms with van der Waals surface area (Å²) in [5.41, 5.74) is 0.729. The van der Waals surface area contributed by atoms with E-state index < -0.39 is 17.4 Å². The lowest BCUT2D eigenvalue weighted by molar-refractivity contribution is -0.153. The number of carbonyl (C=O) groups is 1. The predicted octanol–water partition coefficient (Wildman–Crippen LogP) is 0.972. The highest BCUT2D eigenvalue weighted by atomic mass is 16.7. The number of ether oxygens (including phenoxy) is 3. The van der Waals surface area contributed by atoms with Crippen LogP contribution >= 0.6 is 0 Å². The van der Waals surface area contributed by atoms with E-state index in [1.165, 1.54) is 12.5 Å². The molecule has 1 N–H and O–H groups in total. The molecule has 6 nitrogen and oxygen atoms in total. The second kappa shape index (κ2) is 3.71. The zero-order chi connectivity index (χ0) is 16.4. The van der Waals surface area contributed by atoms with Crippen molar-refractivity contribution in [2.45, 2.75) is 69.9 Å². The summed E-state index contributed by atoms with van der Waals surface area (Å²) < 4.78 is 17.4. The van der Waals surface area contributed by atoms with Gasteiger partial charge in [-0.15, -0.1) is 0 Å². The van der Waals surface area contributed by atoms with Gasteiger partial charge in [0.05, 0.1) is 5.71 Å². The van der Waals surface area contributed by atoms with Crippen molar-refractivity contribution in [2.75, 3.05) is 0 Å². The third-order valence-corrected chi connectivity index (χ3v) is 6.84. The van der Waals surface area contributed by atoms with Crippen molar-refractivity contribution in [3.63, 3.8) is 0 Å². The van der Waals surface area contributed by atoms with Gasteiger partial charge < -0.3 is 19.3 Å². The molecular formula is C17H21NO5. The van der Waals surface area contributed by atoms with E-state index in [2.05, 4.69) is 24.9 Å². The Balaban J connectivity index is 1.58. The lowest BCUT2D eigenvalue weighted by atomic mass is 9.56. The molecule has 2 saturated heterocycles. The summed E-state index contributed by atoms with van der Waals surface area (Å²) in [5, 5.41) is 10.2. The first kappa shape index (κ1) is 14.1. The SMILES string of the molecule is CC(=O)O[C@H]1C(C)C2(C)C[C@@]34O[C@]3(C)C(O)N=C4C=C2[C@H]2O[C@H]21. The number of nitrogens with zero attached hydrogens (tertiary/aromatic N) is 1. The number of aliphatic hydroxyl groups excluding tert-OH is 1. The number of rotatable bonds is 1. The molecule has 0 radical (unpaired) electrons. The van der Waals surface area contributed by atoms with Crippen molar-refractivity contribution in [3.05, 3.63) is 11.6 Å². The monoisotopic (exact) mass is 319 g/mol. The average molecular weight is 319 g/mol. The van der Waals surface area contributed by atoms with Crippen molar-refractivity contribution >= 4 is 11.7 Å². The molecule has 8 atom stereocenters. The third kappa shape index (κ3) is 1.42. The molecule has 3 fully saturated rings. The van der Waals surface area contributed by atoms with Crippen molar-refractivity contribution in [1.82, 2.24) is 0 Å². The predicted molar refractivity (Wildman–Crippen MR) is 79.8 cm³/mol. The van der Waals surface area contributed by atoms with E-state index >= 15 is 0 Å². The molecule has 1 spiro atoms. The minimum Gasteiger partial charge on any atom is -0.459 e. The highest BCUT2D eigenvalue weighted by Gasteiger charge is 2.80. The first-order valence-corrected chi connectivity index (χ1v) is 8.24. The smallest absolute Gasteiger partial charge is 0.303 e. The lowest BCUT2D eigenvalue weighted by Gasteiger charge is -2.47. The van der Waals surface area contributed by atoms with Gasteiger partial charge in [0.15, 0.2) is 6.23 Å². The Bertz CT molecular complexity index is 701. The quantitative estimate of drug-likeness (QED) is 0.575. The molecule has 2 aliphatic carbocycles. The van der Waals surface area contributed by atoms with Crippen LogP contribution in [0.4, 0.5) is 0 Å². The minimum absolute atomic E-state index is 0.0108. The Labute approximate surface area is 134 Å². The summed E-state index contributed by atoms with van der Waals surface area (Å²) in [5.74, 6) is -0.157. The molecule has 3 heterocycles. The van der Waals surface area contributed by atoms with Gasteiger partial charge in [-0.25, -0.2) is 0 Å². The molecule has 5 rings (SSSR count). The van der Waals surface area contributed by atoms with Crippen LogP contribution in [0, 0.1) is 11.3 Å². The van der Waals surface area contributed by atoms with Crippen LogP contribution in [-0.4, -0.2) is 52.5 Å². The maximum absolute atomic E-state index is 11.5. The van der Waals surface area contributed by atoms with Gasteiger partial charge in [0.25, 0.3) is 0 Å². The molecule has 5 aliphatic rings. The lowest BCUT2D eigenvalue weighted by Crippen LogP contribution is -2.52. The van der Waals surface area contributed by atoms with Gasteiger partial charge in [0.2, 0.25) is 0 Å². The fourth-order valence-corrected chi connectivity index (χ4v) is 5.11. The van der Waals surface area contributed by atoms with E-state index in [-0.39, 0.29) is 35.6 Å². The molecule has 0 aromatic carbocycles. The van der Waals surface area contributed by atoms with Crippen LogP contribution in [0.15, 0.2) is 16.6 Å². The molecular weight excluding hydrogens is 298 g/mol. The van der Waals surface area contributed by atoms with E-state index in [1.54, 1.807) is 0 Å². The van der Waals surface area contributed by atoms with Gasteiger partial charge in [-0.05, 0) is 25.0 Å². The Morgan fingerprint density at radius 1 is 1.48 bits per heavy atom. The Kier molecular flexibility index (Phi) is 2.28. The number of fused-ring (bicyclic) bond motifs is 3. The summed E-state index contributed by atoms with van der Waals surface area (Å²) in [6.45, 7) is 7.67. The Hall–Kier alpha value is -1.24. The van der Waals surface area contributed by atoms with Crippen molar-refractivity contribution in [2.24, 2.45) is 16.3 Å². The number of epoxide rings is 2. The van der Waals surface area contributed by atoms with E-state index in [4.69, 9.17) is 14.2 Å². The van der Waals surface area contributed by atoms with Gasteiger partial charge >= 0.3 is 5.97 Å². The second-order valence-electron chi connectivity index (χ2n) is 8.00. The van der Waals surface area contributed by atoms with Crippen LogP contribution in [0.1, 0.15) is 34.1 Å². The van der Waals surface area contributed by atoms with Crippen LogP contribution < -0.4 is 0 Å². The second-order valence-corrected chi connectivity index (χ2v) is 8.00. The zero-order valence-electron chi connectivity index (χ0n) is 13.7. The van der Waals surface area contributed by atoms with E-state index in [9.17, 15) is 9.90 Å². The van der Waals surface area contributed by atoms with E-state index in [1.807, 2.05) is 6.92 Å². The van der Waals surface area contributed by atoms with Gasteiger partial charge in [-0.3, -0.25) is 9.79 Å². The number of carbonyl (C=O) groups excluding carboxylic acids is 1. The maximum atomic E-state index is 11.5. The molecule has 124 valence electrons. The number of hydrogen-bond donors (Lipinski definition) is 1. The maximum Gasteiger partial charge on any atom is 0.303 e. The molecule has 0 aromatic heterocycles. The van der Waals surface area contributed by atoms with Crippen LogP contribution in [0.25, 0.3) is 0 Å². The average Bonchev–Trinajstić information content (AvgIpc) is 3.33. The first-order valence-electron chi connectivity index (χ1n) is 8.24. The highest BCUT2D eigenvalue weighted by Crippen LogP contribution is 2.68. The number of hydrogen-bond acceptors (Lipinski definition) is 6. The molecule has 1 saturated carbocycles. The van der Waals surface area contributed by atoms with Gasteiger partial charge in [-0.2, -0.15) is 0 Å². The molecule has 0 amide bonds. The van der Waals surface area contributed by atoms with E-state index in [0.29, 0.717) is 0 Å². The first-order chi connectivity index (χ1) is 10.7. The van der Waals surface area contributed by atoms with Crippen LogP contribution in [-0.2, 0) is 19.0 Å². The fraction of sp³-hybridized carbons (Fsp3) is 0.765. The number of esters is 1. The fourth-order valence-electron chi connectivity index (χ4n) is 5.11. The van der Waals surface area contributed by atoms with Gasteiger partial charge in [0.1, 0.15) is 29.5 Å². The molecule has 3 unspecified atom stereocenters. The van der Waals surface area contributed by atoms with Crippen LogP contribution in [0.3, 0.4) is 0 Å². The third-order valence-electron chi connectivity index (χ3n) is 6.84. The summed E-state index contributed by atoms with van der Waals surface area (Å²) in [4.78, 5) is 15.9. The van der Waals surface area contributed by atoms with Gasteiger partial charge in [-0.1, -0.05) is 13.8 Å². The largest absolute Gasteiger partial charge is 0.459 e. The van der Waals surface area contributed by atoms with Crippen molar-refractivity contribution in [3.8, 4) is 0 Å². The topological polar surface area (TPSA) is 84.0 Å². The van der Waals surface area contributed by atoms with Crippen molar-refractivity contribution in [1.29, 1.82) is 0 Å². The Morgan fingerprint density at radius 2 is 2.22 bits per heavy atom. The number of aliphatic hydroxyl groups is 1. The minimum atomic E-state index is -0.811. The zero-order valence-corrected chi connectivity index (χ0v) is 13.7. The summed E-state index contributed by atoms with van der Waals surface area (Å²) >= 11 is 0. The Morgan fingerprint density at radius 3 is 2.87 bits per heavy atom. The highest BCUT2D eigenvalue weighted by molar-refractivity contribution is 6.09. The normalized spacial score (nSPS) is 58.0. The molecule has 3 aliphatic heterocycles. The summed E-state index contributed by atoms with van der Waals surface area (Å²) in [6, 6.07) is 0. The standard InChI is InChI=1S/C17H21NO5/c1-7-11(21-8(2)19)13-12(22-13)9-5-10-17(6-15(7,9)3)16(4,23-17)14(20)18-10/h5,7,11-14,20H,6H2,1-4H3/t7?,11-,12+,13-,14?,15?,16+,17-/m0/s1. The van der Waals surface area contributed by atoms with Crippen molar-refractivity contribution < 1.29 is 24.1 Å². The van der Waals surface area contributed by atoms with Crippen LogP contribution in [0.5, 0.6) is 0 Å². The molecule has 6 heteroatoms. The molecule has 23 heavy (non-hydrogen) atoms. The molecule has 0 bridgehead atoms. The summed E-state index contributed by atoms with van der Waals surface area (Å²) in [7, 11) is 0.